The molecule has 0 radical (unpaired) electrons. The maximum absolute atomic E-state index is 5.09. The first-order valence-corrected chi connectivity index (χ1v) is 7.56. The number of alkyl halides is 1. The van der Waals surface area contributed by atoms with Crippen molar-refractivity contribution in [2.24, 2.45) is 5.41 Å². The minimum Gasteiger partial charge on any atom is -0.384 e. The second-order valence-electron chi connectivity index (χ2n) is 6.05. The van der Waals surface area contributed by atoms with E-state index in [1.165, 1.54) is 24.0 Å². The smallest absolute Gasteiger partial charge is 0.0502 e. The van der Waals surface area contributed by atoms with Crippen LogP contribution >= 0.6 is 15.9 Å². The molecule has 0 aliphatic carbocycles. The zero-order valence-corrected chi connectivity index (χ0v) is 13.6. The van der Waals surface area contributed by atoms with Crippen molar-refractivity contribution in [2.45, 2.75) is 44.9 Å². The average molecular weight is 313 g/mol. The van der Waals surface area contributed by atoms with Crippen molar-refractivity contribution in [2.75, 3.05) is 13.7 Å². The summed E-state index contributed by atoms with van der Waals surface area (Å²) < 4.78 is 5.09. The van der Waals surface area contributed by atoms with E-state index in [-0.39, 0.29) is 0 Å². The third-order valence-corrected chi connectivity index (χ3v) is 4.07. The van der Waals surface area contributed by atoms with E-state index in [0.29, 0.717) is 10.2 Å². The van der Waals surface area contributed by atoms with E-state index in [1.807, 2.05) is 0 Å². The van der Waals surface area contributed by atoms with Gasteiger partial charge in [0.2, 0.25) is 0 Å². The topological polar surface area (TPSA) is 9.23 Å². The molecule has 0 amide bonds. The van der Waals surface area contributed by atoms with Crippen molar-refractivity contribution in [3.63, 3.8) is 0 Å². The van der Waals surface area contributed by atoms with Crippen molar-refractivity contribution in [1.29, 1.82) is 0 Å². The summed E-state index contributed by atoms with van der Waals surface area (Å²) in [5.74, 6) is 0. The zero-order valence-electron chi connectivity index (χ0n) is 12.0. The van der Waals surface area contributed by atoms with Gasteiger partial charge >= 0.3 is 0 Å². The normalized spacial score (nSPS) is 13.6. The van der Waals surface area contributed by atoms with Crippen molar-refractivity contribution in [1.82, 2.24) is 0 Å². The summed E-state index contributed by atoms with van der Waals surface area (Å²) in [5.41, 5.74) is 3.13. The third kappa shape index (κ3) is 6.01. The number of methoxy groups -OCH3 is 1. The second-order valence-corrected chi connectivity index (χ2v) is 7.16. The second kappa shape index (κ2) is 7.30. The Labute approximate surface area is 120 Å². The van der Waals surface area contributed by atoms with Gasteiger partial charge in [0.25, 0.3) is 0 Å². The van der Waals surface area contributed by atoms with E-state index in [0.717, 1.165) is 13.0 Å². The van der Waals surface area contributed by atoms with E-state index >= 15 is 0 Å². The summed E-state index contributed by atoms with van der Waals surface area (Å²) in [6.07, 6.45) is 3.40. The van der Waals surface area contributed by atoms with Crippen LogP contribution in [0.25, 0.3) is 0 Å². The summed E-state index contributed by atoms with van der Waals surface area (Å²) in [4.78, 5) is 0.466. The molecule has 1 unspecified atom stereocenters. The molecule has 0 fully saturated rings. The van der Waals surface area contributed by atoms with Crippen LogP contribution in [0.5, 0.6) is 0 Å². The Morgan fingerprint density at radius 2 is 1.78 bits per heavy atom. The highest BCUT2D eigenvalue weighted by molar-refractivity contribution is 9.09. The molecule has 0 saturated heterocycles. The van der Waals surface area contributed by atoms with E-state index in [4.69, 9.17) is 4.74 Å². The Morgan fingerprint density at radius 1 is 1.17 bits per heavy atom. The predicted octanol–water partition coefficient (Wildman–Crippen LogP) is 5.14. The molecule has 0 bridgehead atoms. The minimum atomic E-state index is 0.407. The van der Waals surface area contributed by atoms with E-state index in [2.05, 4.69) is 61.0 Å². The molecule has 1 nitrogen and oxygen atoms in total. The minimum absolute atomic E-state index is 0.407. The van der Waals surface area contributed by atoms with Gasteiger partial charge in [0.15, 0.2) is 0 Å². The molecule has 0 aromatic heterocycles. The van der Waals surface area contributed by atoms with Crippen LogP contribution < -0.4 is 0 Å². The van der Waals surface area contributed by atoms with E-state index in [9.17, 15) is 0 Å². The quantitative estimate of drug-likeness (QED) is 0.661. The molecular weight excluding hydrogens is 288 g/mol. The molecule has 0 heterocycles. The maximum atomic E-state index is 5.09. The fourth-order valence-corrected chi connectivity index (χ4v) is 2.37. The Kier molecular flexibility index (Phi) is 6.37. The van der Waals surface area contributed by atoms with Crippen LogP contribution in [-0.2, 0) is 11.2 Å². The predicted molar refractivity (Wildman–Crippen MR) is 82.4 cm³/mol. The Morgan fingerprint density at radius 3 is 2.28 bits per heavy atom. The molecule has 2 heteroatoms. The molecule has 0 spiro atoms. The summed E-state index contributed by atoms with van der Waals surface area (Å²) in [5, 5.41) is 0. The Bertz CT molecular complexity index is 337. The number of hydrogen-bond acceptors (Lipinski definition) is 1. The van der Waals surface area contributed by atoms with Gasteiger partial charge in [-0.05, 0) is 35.8 Å². The van der Waals surface area contributed by atoms with Crippen LogP contribution in [0.4, 0.5) is 0 Å². The van der Waals surface area contributed by atoms with Gasteiger partial charge in [-0.2, -0.15) is 0 Å². The molecule has 18 heavy (non-hydrogen) atoms. The highest BCUT2D eigenvalue weighted by Gasteiger charge is 2.14. The van der Waals surface area contributed by atoms with Crippen LogP contribution in [0.1, 0.15) is 49.6 Å². The molecule has 102 valence electrons. The SMILES string of the molecule is COCCc1ccc(C(Br)CCC(C)(C)C)cc1. The van der Waals surface area contributed by atoms with Gasteiger partial charge in [0, 0.05) is 11.9 Å². The molecule has 0 aliphatic heterocycles. The van der Waals surface area contributed by atoms with Gasteiger partial charge in [0.1, 0.15) is 0 Å². The van der Waals surface area contributed by atoms with Gasteiger partial charge in [-0.15, -0.1) is 0 Å². The lowest BCUT2D eigenvalue weighted by Crippen LogP contribution is -2.06. The third-order valence-electron chi connectivity index (χ3n) is 3.08. The Balaban J connectivity index is 2.51. The van der Waals surface area contributed by atoms with Gasteiger partial charge in [0.05, 0.1) is 6.61 Å². The van der Waals surface area contributed by atoms with Crippen LogP contribution in [-0.4, -0.2) is 13.7 Å². The Hall–Kier alpha value is -0.340. The first kappa shape index (κ1) is 15.7. The molecular formula is C16H25BrO. The fraction of sp³-hybridized carbons (Fsp3) is 0.625. The highest BCUT2D eigenvalue weighted by atomic mass is 79.9. The summed E-state index contributed by atoms with van der Waals surface area (Å²) in [6.45, 7) is 7.67. The lowest BCUT2D eigenvalue weighted by atomic mass is 9.89. The highest BCUT2D eigenvalue weighted by Crippen LogP contribution is 2.32. The summed E-state index contributed by atoms with van der Waals surface area (Å²) in [7, 11) is 1.75. The number of rotatable bonds is 6. The standard InChI is InChI=1S/C16H25BrO/c1-16(2,3)11-9-15(17)14-7-5-13(6-8-14)10-12-18-4/h5-8,15H,9-12H2,1-4H3. The van der Waals surface area contributed by atoms with Crippen LogP contribution in [0.2, 0.25) is 0 Å². The average Bonchev–Trinajstić information content (AvgIpc) is 2.33. The van der Waals surface area contributed by atoms with Gasteiger partial charge in [-0.1, -0.05) is 61.0 Å². The summed E-state index contributed by atoms with van der Waals surface area (Å²) in [6, 6.07) is 8.87. The molecule has 1 aromatic carbocycles. The first-order valence-electron chi connectivity index (χ1n) is 6.64. The molecule has 1 atom stereocenters. The van der Waals surface area contributed by atoms with Crippen molar-refractivity contribution in [3.8, 4) is 0 Å². The molecule has 0 N–H and O–H groups in total. The monoisotopic (exact) mass is 312 g/mol. The molecule has 0 aliphatic rings. The largest absolute Gasteiger partial charge is 0.384 e. The van der Waals surface area contributed by atoms with Crippen LogP contribution in [0.15, 0.2) is 24.3 Å². The number of ether oxygens (including phenoxy) is 1. The van der Waals surface area contributed by atoms with Crippen LogP contribution in [0.3, 0.4) is 0 Å². The van der Waals surface area contributed by atoms with Crippen LogP contribution in [0, 0.1) is 5.41 Å². The van der Waals surface area contributed by atoms with Gasteiger partial charge in [-0.25, -0.2) is 0 Å². The zero-order chi connectivity index (χ0) is 13.6. The number of halogens is 1. The van der Waals surface area contributed by atoms with E-state index < -0.39 is 0 Å². The van der Waals surface area contributed by atoms with Gasteiger partial charge in [-0.3, -0.25) is 0 Å². The number of benzene rings is 1. The molecule has 1 aromatic rings. The van der Waals surface area contributed by atoms with E-state index in [1.54, 1.807) is 7.11 Å². The maximum Gasteiger partial charge on any atom is 0.0502 e. The lowest BCUT2D eigenvalue weighted by Gasteiger charge is -2.20. The van der Waals surface area contributed by atoms with Crippen molar-refractivity contribution < 1.29 is 4.74 Å². The first-order chi connectivity index (χ1) is 8.42. The van der Waals surface area contributed by atoms with Crippen molar-refractivity contribution >= 4 is 15.9 Å². The lowest BCUT2D eigenvalue weighted by molar-refractivity contribution is 0.202. The van der Waals surface area contributed by atoms with Gasteiger partial charge < -0.3 is 4.74 Å². The fourth-order valence-electron chi connectivity index (χ4n) is 1.84. The van der Waals surface area contributed by atoms with Crippen molar-refractivity contribution in [3.05, 3.63) is 35.4 Å². The number of hydrogen-bond donors (Lipinski definition) is 0. The summed E-state index contributed by atoms with van der Waals surface area (Å²) >= 11 is 3.79. The molecule has 0 saturated carbocycles. The molecule has 1 rings (SSSR count).